The number of rotatable bonds is 3. The summed E-state index contributed by atoms with van der Waals surface area (Å²) in [7, 11) is 0. The van der Waals surface area contributed by atoms with Crippen LogP contribution < -0.4 is 5.43 Å². The quantitative estimate of drug-likeness (QED) is 0.652. The number of hydrazone groups is 1. The fourth-order valence-electron chi connectivity index (χ4n) is 1.26. The Bertz CT molecular complexity index is 549. The monoisotopic (exact) mass is 252 g/mol. The van der Waals surface area contributed by atoms with E-state index in [-0.39, 0.29) is 5.69 Å². The molecule has 2 aromatic rings. The summed E-state index contributed by atoms with van der Waals surface area (Å²) in [6.07, 6.45) is 1.61. The Morgan fingerprint density at radius 2 is 2.12 bits per heavy atom. The molecule has 2 nitrogen and oxygen atoms in total. The van der Waals surface area contributed by atoms with E-state index in [1.165, 1.54) is 12.1 Å². The van der Waals surface area contributed by atoms with Crippen LogP contribution in [-0.2, 0) is 0 Å². The van der Waals surface area contributed by atoms with Gasteiger partial charge in [0.15, 0.2) is 5.82 Å². The maximum atomic E-state index is 13.2. The molecule has 0 aliphatic heterocycles. The maximum Gasteiger partial charge on any atom is 0.151 e. The number of halogens is 2. The van der Waals surface area contributed by atoms with Gasteiger partial charge in [0.1, 0.15) is 5.82 Å². The van der Waals surface area contributed by atoms with Gasteiger partial charge in [-0.05, 0) is 36.1 Å². The molecule has 17 heavy (non-hydrogen) atoms. The van der Waals surface area contributed by atoms with Gasteiger partial charge in [0.25, 0.3) is 0 Å². The number of anilines is 1. The standard InChI is InChI=1S/C12H10F2N2S/c1-8-4-5-17-12(8)7-15-16-11-3-2-9(13)6-10(11)14/h2-7,16H,1H3/b15-7+. The summed E-state index contributed by atoms with van der Waals surface area (Å²) in [5.41, 5.74) is 3.80. The lowest BCUT2D eigenvalue weighted by atomic mass is 10.3. The summed E-state index contributed by atoms with van der Waals surface area (Å²) in [5, 5.41) is 5.86. The first kappa shape index (κ1) is 11.7. The molecule has 1 aromatic carbocycles. The van der Waals surface area contributed by atoms with Crippen LogP contribution in [0.1, 0.15) is 10.4 Å². The second kappa shape index (κ2) is 5.05. The number of hydrogen-bond donors (Lipinski definition) is 1. The maximum absolute atomic E-state index is 13.2. The fourth-order valence-corrected chi connectivity index (χ4v) is 2.04. The number of hydrogen-bond acceptors (Lipinski definition) is 3. The van der Waals surface area contributed by atoms with Gasteiger partial charge in [-0.25, -0.2) is 8.78 Å². The van der Waals surface area contributed by atoms with Crippen LogP contribution in [0.25, 0.3) is 0 Å². The largest absolute Gasteiger partial charge is 0.275 e. The van der Waals surface area contributed by atoms with Gasteiger partial charge in [0.05, 0.1) is 11.9 Å². The normalized spacial score (nSPS) is 11.0. The minimum absolute atomic E-state index is 0.150. The summed E-state index contributed by atoms with van der Waals surface area (Å²) in [6, 6.07) is 5.28. The van der Waals surface area contributed by atoms with E-state index in [2.05, 4.69) is 10.5 Å². The first-order chi connectivity index (χ1) is 8.16. The van der Waals surface area contributed by atoms with E-state index >= 15 is 0 Å². The highest BCUT2D eigenvalue weighted by atomic mass is 32.1. The Kier molecular flexibility index (Phi) is 3.49. The Balaban J connectivity index is 2.07. The van der Waals surface area contributed by atoms with Crippen LogP contribution in [0.2, 0.25) is 0 Å². The Hall–Kier alpha value is -1.75. The van der Waals surface area contributed by atoms with Crippen molar-refractivity contribution in [2.45, 2.75) is 6.92 Å². The molecule has 0 radical (unpaired) electrons. The molecule has 0 saturated carbocycles. The number of nitrogens with one attached hydrogen (secondary N) is 1. The van der Waals surface area contributed by atoms with Crippen LogP contribution in [0, 0.1) is 18.6 Å². The van der Waals surface area contributed by atoms with Crippen molar-refractivity contribution < 1.29 is 8.78 Å². The molecule has 0 spiro atoms. The summed E-state index contributed by atoms with van der Waals surface area (Å²) in [4.78, 5) is 1.00. The van der Waals surface area contributed by atoms with Crippen LogP contribution in [0.5, 0.6) is 0 Å². The molecule has 88 valence electrons. The van der Waals surface area contributed by atoms with Crippen molar-refractivity contribution in [3.8, 4) is 0 Å². The van der Waals surface area contributed by atoms with Crippen LogP contribution >= 0.6 is 11.3 Å². The summed E-state index contributed by atoms with van der Waals surface area (Å²) >= 11 is 1.55. The van der Waals surface area contributed by atoms with Gasteiger partial charge in [-0.2, -0.15) is 5.10 Å². The molecule has 0 aliphatic carbocycles. The lowest BCUT2D eigenvalue weighted by molar-refractivity contribution is 0.585. The zero-order valence-electron chi connectivity index (χ0n) is 9.08. The van der Waals surface area contributed by atoms with Gasteiger partial charge < -0.3 is 0 Å². The van der Waals surface area contributed by atoms with E-state index in [0.717, 1.165) is 16.5 Å². The molecular formula is C12H10F2N2S. The molecule has 0 aliphatic rings. The predicted molar refractivity (Wildman–Crippen MR) is 66.6 cm³/mol. The van der Waals surface area contributed by atoms with Crippen molar-refractivity contribution in [2.24, 2.45) is 5.10 Å². The van der Waals surface area contributed by atoms with Gasteiger partial charge in [-0.15, -0.1) is 11.3 Å². The highest BCUT2D eigenvalue weighted by Gasteiger charge is 2.01. The minimum Gasteiger partial charge on any atom is -0.275 e. The van der Waals surface area contributed by atoms with E-state index in [4.69, 9.17) is 0 Å². The Morgan fingerprint density at radius 1 is 1.29 bits per heavy atom. The van der Waals surface area contributed by atoms with Crippen LogP contribution in [0.4, 0.5) is 14.5 Å². The molecule has 0 amide bonds. The molecule has 1 N–H and O–H groups in total. The van der Waals surface area contributed by atoms with E-state index in [1.807, 2.05) is 18.4 Å². The molecule has 0 bridgehead atoms. The van der Waals surface area contributed by atoms with E-state index in [1.54, 1.807) is 17.6 Å². The van der Waals surface area contributed by atoms with Crippen molar-refractivity contribution in [1.82, 2.24) is 0 Å². The van der Waals surface area contributed by atoms with Crippen LogP contribution in [-0.4, -0.2) is 6.21 Å². The molecular weight excluding hydrogens is 242 g/mol. The average molecular weight is 252 g/mol. The zero-order chi connectivity index (χ0) is 12.3. The van der Waals surface area contributed by atoms with E-state index in [9.17, 15) is 8.78 Å². The minimum atomic E-state index is -0.662. The fraction of sp³-hybridized carbons (Fsp3) is 0.0833. The van der Waals surface area contributed by atoms with Crippen molar-refractivity contribution in [3.05, 3.63) is 51.7 Å². The molecule has 0 saturated heterocycles. The van der Waals surface area contributed by atoms with Crippen molar-refractivity contribution in [1.29, 1.82) is 0 Å². The third-order valence-corrected chi connectivity index (χ3v) is 3.15. The van der Waals surface area contributed by atoms with E-state index in [0.29, 0.717) is 0 Å². The number of aryl methyl sites for hydroxylation is 1. The first-order valence-electron chi connectivity index (χ1n) is 4.95. The lowest BCUT2D eigenvalue weighted by Gasteiger charge is -2.01. The molecule has 5 heteroatoms. The molecule has 0 atom stereocenters. The van der Waals surface area contributed by atoms with Crippen molar-refractivity contribution in [2.75, 3.05) is 5.43 Å². The molecule has 1 aromatic heterocycles. The zero-order valence-corrected chi connectivity index (χ0v) is 9.89. The third kappa shape index (κ3) is 2.88. The average Bonchev–Trinajstić information content (AvgIpc) is 2.68. The van der Waals surface area contributed by atoms with Gasteiger partial charge in [-0.3, -0.25) is 5.43 Å². The van der Waals surface area contributed by atoms with E-state index < -0.39 is 11.6 Å². The summed E-state index contributed by atoms with van der Waals surface area (Å²) < 4.78 is 25.9. The van der Waals surface area contributed by atoms with Crippen LogP contribution in [0.3, 0.4) is 0 Å². The molecule has 1 heterocycles. The third-order valence-electron chi connectivity index (χ3n) is 2.20. The highest BCUT2D eigenvalue weighted by Crippen LogP contribution is 2.16. The summed E-state index contributed by atoms with van der Waals surface area (Å²) in [5.74, 6) is -1.27. The van der Waals surface area contributed by atoms with Crippen molar-refractivity contribution >= 4 is 23.2 Å². The SMILES string of the molecule is Cc1ccsc1/C=N/Nc1ccc(F)cc1F. The highest BCUT2D eigenvalue weighted by molar-refractivity contribution is 7.11. The predicted octanol–water partition coefficient (Wildman–Crippen LogP) is 3.78. The molecule has 2 rings (SSSR count). The second-order valence-electron chi connectivity index (χ2n) is 3.46. The van der Waals surface area contributed by atoms with Crippen molar-refractivity contribution in [3.63, 3.8) is 0 Å². The number of nitrogens with zero attached hydrogens (tertiary/aromatic N) is 1. The van der Waals surface area contributed by atoms with Gasteiger partial charge in [-0.1, -0.05) is 0 Å². The summed E-state index contributed by atoms with van der Waals surface area (Å²) in [6.45, 7) is 1.97. The molecule has 0 fully saturated rings. The van der Waals surface area contributed by atoms with Gasteiger partial charge in [0.2, 0.25) is 0 Å². The second-order valence-corrected chi connectivity index (χ2v) is 4.41. The Morgan fingerprint density at radius 3 is 2.76 bits per heavy atom. The van der Waals surface area contributed by atoms with Crippen LogP contribution in [0.15, 0.2) is 34.7 Å². The number of thiophene rings is 1. The topological polar surface area (TPSA) is 24.4 Å². The van der Waals surface area contributed by atoms with Gasteiger partial charge >= 0.3 is 0 Å². The molecule has 0 unspecified atom stereocenters. The van der Waals surface area contributed by atoms with Gasteiger partial charge in [0, 0.05) is 10.9 Å². The first-order valence-corrected chi connectivity index (χ1v) is 5.83. The lowest BCUT2D eigenvalue weighted by Crippen LogP contribution is -1.94. The Labute approximate surface area is 102 Å². The number of benzene rings is 1. The smallest absolute Gasteiger partial charge is 0.151 e.